The second kappa shape index (κ2) is 11.7. The van der Waals surface area contributed by atoms with E-state index in [0.717, 1.165) is 38.5 Å². The Balaban J connectivity index is 3.95. The van der Waals surface area contributed by atoms with E-state index in [2.05, 4.69) is 36.1 Å². The van der Waals surface area contributed by atoms with Gasteiger partial charge in [-0.15, -0.1) is 0 Å². The van der Waals surface area contributed by atoms with Crippen molar-refractivity contribution < 1.29 is 13.3 Å². The Morgan fingerprint density at radius 1 is 0.706 bits per heavy atom. The van der Waals surface area contributed by atoms with E-state index in [-0.39, 0.29) is 0 Å². The summed E-state index contributed by atoms with van der Waals surface area (Å²) in [5.41, 5.74) is 0. The molecule has 0 amide bonds. The molecule has 17 heavy (non-hydrogen) atoms. The van der Waals surface area contributed by atoms with Crippen LogP contribution >= 0.6 is 15.3 Å². The molecule has 0 aromatic rings. The quantitative estimate of drug-likeness (QED) is 0.304. The van der Waals surface area contributed by atoms with Crippen LogP contribution in [0.5, 0.6) is 0 Å². The van der Waals surface area contributed by atoms with Gasteiger partial charge in [0.15, 0.2) is 0 Å². The van der Waals surface area contributed by atoms with E-state index in [1.54, 1.807) is 0 Å². The molecule has 0 aliphatic carbocycles. The van der Waals surface area contributed by atoms with Gasteiger partial charge in [-0.1, -0.05) is 40.0 Å². The molecule has 0 radical (unpaired) electrons. The molecule has 0 atom stereocenters. The van der Waals surface area contributed by atoms with Crippen LogP contribution in [0.3, 0.4) is 0 Å². The Kier molecular flexibility index (Phi) is 12.1. The van der Waals surface area contributed by atoms with Crippen molar-refractivity contribution >= 4 is 22.7 Å². The fraction of sp³-hybridized carbons (Fsp3) is 1.00. The van der Waals surface area contributed by atoms with E-state index in [9.17, 15) is 0 Å². The minimum atomic E-state index is -2.55. The van der Waals surface area contributed by atoms with Gasteiger partial charge in [0.25, 0.3) is 0 Å². The van der Waals surface area contributed by atoms with Crippen LogP contribution in [0.1, 0.15) is 59.3 Å². The lowest BCUT2D eigenvalue weighted by molar-refractivity contribution is 0.0822. The first-order valence-electron chi connectivity index (χ1n) is 6.79. The summed E-state index contributed by atoms with van der Waals surface area (Å²) in [6.07, 6.45) is 6.53. The second-order valence-corrected chi connectivity index (χ2v) is 8.83. The third kappa shape index (κ3) is 10.2. The number of hydrogen-bond donors (Lipinski definition) is 0. The molecule has 104 valence electrons. The van der Waals surface area contributed by atoms with Crippen molar-refractivity contribution in [3.63, 3.8) is 0 Å². The molecule has 3 nitrogen and oxygen atoms in total. The van der Waals surface area contributed by atoms with Gasteiger partial charge in [-0.2, -0.15) is 0 Å². The highest BCUT2D eigenvalue weighted by Crippen LogP contribution is 2.19. The van der Waals surface area contributed by atoms with Crippen molar-refractivity contribution in [2.75, 3.05) is 19.8 Å². The highest BCUT2D eigenvalue weighted by molar-refractivity contribution is 9.25. The molecular formula is C12H27BrO3Si. The summed E-state index contributed by atoms with van der Waals surface area (Å²) in [5, 5.41) is 0. The fourth-order valence-electron chi connectivity index (χ4n) is 1.14. The molecule has 5 heteroatoms. The van der Waals surface area contributed by atoms with E-state index in [1.165, 1.54) is 0 Å². The fourth-order valence-corrected chi connectivity index (χ4v) is 4.01. The summed E-state index contributed by atoms with van der Waals surface area (Å²) in [5.74, 6) is 0. The predicted molar refractivity (Wildman–Crippen MR) is 77.3 cm³/mol. The lowest BCUT2D eigenvalue weighted by atomic mass is 10.4. The summed E-state index contributed by atoms with van der Waals surface area (Å²) in [4.78, 5) is 0. The number of unbranched alkanes of at least 4 members (excludes halogenated alkanes) is 3. The largest absolute Gasteiger partial charge is 0.580 e. The Bertz CT molecular complexity index is 143. The first-order valence-corrected chi connectivity index (χ1v) is 10.8. The van der Waals surface area contributed by atoms with E-state index < -0.39 is 7.42 Å². The van der Waals surface area contributed by atoms with Gasteiger partial charge in [-0.3, -0.25) is 0 Å². The molecule has 0 aliphatic rings. The highest BCUT2D eigenvalue weighted by atomic mass is 79.9. The molecule has 0 aromatic heterocycles. The normalized spacial score (nSPS) is 12.0. The summed E-state index contributed by atoms with van der Waals surface area (Å²) < 4.78 is 17.3. The second-order valence-electron chi connectivity index (χ2n) is 4.09. The van der Waals surface area contributed by atoms with Crippen LogP contribution in [0.2, 0.25) is 0 Å². The van der Waals surface area contributed by atoms with Gasteiger partial charge in [0.2, 0.25) is 0 Å². The summed E-state index contributed by atoms with van der Waals surface area (Å²) in [7, 11) is -2.55. The number of halogens is 1. The minimum Gasteiger partial charge on any atom is -0.365 e. The van der Waals surface area contributed by atoms with Crippen LogP contribution in [-0.2, 0) is 13.3 Å². The van der Waals surface area contributed by atoms with Gasteiger partial charge in [0.1, 0.15) is 0 Å². The van der Waals surface area contributed by atoms with Gasteiger partial charge in [0, 0.05) is 19.8 Å². The molecule has 0 bridgehead atoms. The molecule has 0 aliphatic heterocycles. The summed E-state index contributed by atoms with van der Waals surface area (Å²) in [6.45, 7) is 8.59. The summed E-state index contributed by atoms with van der Waals surface area (Å²) >= 11 is 3.55. The van der Waals surface area contributed by atoms with Crippen LogP contribution in [-0.4, -0.2) is 27.2 Å². The molecule has 0 heterocycles. The smallest absolute Gasteiger partial charge is 0.365 e. The maximum absolute atomic E-state index is 5.77. The zero-order valence-corrected chi connectivity index (χ0v) is 14.1. The molecule has 0 N–H and O–H groups in total. The van der Waals surface area contributed by atoms with Crippen LogP contribution in [0.25, 0.3) is 0 Å². The third-order valence-electron chi connectivity index (χ3n) is 2.32. The van der Waals surface area contributed by atoms with Crippen molar-refractivity contribution in [3.8, 4) is 0 Å². The van der Waals surface area contributed by atoms with Gasteiger partial charge in [-0.05, 0) is 34.6 Å². The number of hydrogen-bond acceptors (Lipinski definition) is 3. The van der Waals surface area contributed by atoms with E-state index >= 15 is 0 Å². The lowest BCUT2D eigenvalue weighted by Gasteiger charge is -2.23. The van der Waals surface area contributed by atoms with Gasteiger partial charge in [0.05, 0.1) is 0 Å². The lowest BCUT2D eigenvalue weighted by Crippen LogP contribution is -2.40. The van der Waals surface area contributed by atoms with E-state index in [0.29, 0.717) is 19.8 Å². The maximum atomic E-state index is 5.77. The Hall–Kier alpha value is 0.577. The minimum absolute atomic E-state index is 0.715. The maximum Gasteiger partial charge on any atom is 0.580 e. The zero-order valence-electron chi connectivity index (χ0n) is 11.5. The molecule has 0 saturated carbocycles. The monoisotopic (exact) mass is 326 g/mol. The van der Waals surface area contributed by atoms with Crippen LogP contribution in [0, 0.1) is 0 Å². The first-order chi connectivity index (χ1) is 8.18. The van der Waals surface area contributed by atoms with E-state index in [1.807, 2.05) is 0 Å². The average Bonchev–Trinajstić information content (AvgIpc) is 2.30. The van der Waals surface area contributed by atoms with Crippen LogP contribution in [0.4, 0.5) is 0 Å². The third-order valence-corrected chi connectivity index (χ3v) is 6.02. The molecule has 0 spiro atoms. The number of rotatable bonds is 12. The Morgan fingerprint density at radius 2 is 1.00 bits per heavy atom. The molecule has 0 fully saturated rings. The van der Waals surface area contributed by atoms with Crippen molar-refractivity contribution in [2.24, 2.45) is 0 Å². The van der Waals surface area contributed by atoms with Crippen molar-refractivity contribution in [3.05, 3.63) is 0 Å². The topological polar surface area (TPSA) is 27.7 Å². The average molecular weight is 327 g/mol. The van der Waals surface area contributed by atoms with Crippen molar-refractivity contribution in [2.45, 2.75) is 59.3 Å². The molecule has 0 rings (SSSR count). The van der Waals surface area contributed by atoms with Crippen molar-refractivity contribution in [1.82, 2.24) is 0 Å². The SMILES string of the molecule is CCCCO[Si](Br)(OCCCC)OCCCC. The van der Waals surface area contributed by atoms with Gasteiger partial charge >= 0.3 is 7.42 Å². The molecule has 0 aromatic carbocycles. The predicted octanol–water partition coefficient (Wildman–Crippen LogP) is 4.27. The van der Waals surface area contributed by atoms with Crippen LogP contribution < -0.4 is 0 Å². The Morgan fingerprint density at radius 3 is 1.24 bits per heavy atom. The molecular weight excluding hydrogens is 300 g/mol. The zero-order chi connectivity index (χ0) is 13.0. The van der Waals surface area contributed by atoms with E-state index in [4.69, 9.17) is 13.3 Å². The standard InChI is InChI=1S/C12H27BrO3Si/c1-4-7-10-14-17(13,15-11-8-5-2)16-12-9-6-3/h4-12H2,1-3H3. The van der Waals surface area contributed by atoms with Crippen molar-refractivity contribution in [1.29, 1.82) is 0 Å². The highest BCUT2D eigenvalue weighted by Gasteiger charge is 2.38. The Labute approximate surface area is 115 Å². The first kappa shape index (κ1) is 17.6. The molecule has 0 saturated heterocycles. The molecule has 0 unspecified atom stereocenters. The van der Waals surface area contributed by atoms with Gasteiger partial charge in [-0.25, -0.2) is 0 Å². The van der Waals surface area contributed by atoms with Gasteiger partial charge < -0.3 is 13.3 Å². The summed E-state index contributed by atoms with van der Waals surface area (Å²) in [6, 6.07) is 0. The van der Waals surface area contributed by atoms with Crippen LogP contribution in [0.15, 0.2) is 0 Å².